The fourth-order valence-corrected chi connectivity index (χ4v) is 3.98. The molecule has 0 saturated heterocycles. The van der Waals surface area contributed by atoms with Crippen LogP contribution in [0, 0.1) is 6.92 Å². The van der Waals surface area contributed by atoms with Crippen molar-refractivity contribution in [3.8, 4) is 0 Å². The molecule has 0 fully saturated rings. The number of aryl methyl sites for hydroxylation is 1. The molecule has 0 saturated carbocycles. The second-order valence-electron chi connectivity index (χ2n) is 6.68. The van der Waals surface area contributed by atoms with E-state index < -0.39 is 6.04 Å². The normalized spacial score (nSPS) is 16.1. The summed E-state index contributed by atoms with van der Waals surface area (Å²) >= 11 is 3.39. The molecule has 4 aromatic rings. The van der Waals surface area contributed by atoms with E-state index in [9.17, 15) is 9.59 Å². The van der Waals surface area contributed by atoms with Gasteiger partial charge < -0.3 is 18.2 Å². The zero-order valence-corrected chi connectivity index (χ0v) is 16.4. The van der Waals surface area contributed by atoms with Crippen LogP contribution in [-0.2, 0) is 6.54 Å². The molecule has 3 aromatic heterocycles. The van der Waals surface area contributed by atoms with Crippen molar-refractivity contribution in [2.24, 2.45) is 0 Å². The number of hydrogen-bond donors (Lipinski definition) is 0. The van der Waals surface area contributed by atoms with Gasteiger partial charge in [0.25, 0.3) is 5.91 Å². The van der Waals surface area contributed by atoms with E-state index in [1.54, 1.807) is 47.6 Å². The Morgan fingerprint density at radius 1 is 1.11 bits per heavy atom. The lowest BCUT2D eigenvalue weighted by atomic mass is 10.0. The Morgan fingerprint density at radius 3 is 2.68 bits per heavy atom. The van der Waals surface area contributed by atoms with Crippen LogP contribution in [0.5, 0.6) is 0 Å². The van der Waals surface area contributed by atoms with Crippen LogP contribution in [0.15, 0.2) is 71.2 Å². The zero-order valence-electron chi connectivity index (χ0n) is 14.8. The number of hydrogen-bond acceptors (Lipinski definition) is 5. The first-order valence-electron chi connectivity index (χ1n) is 8.69. The third-order valence-corrected chi connectivity index (χ3v) is 5.36. The van der Waals surface area contributed by atoms with E-state index >= 15 is 0 Å². The van der Waals surface area contributed by atoms with Crippen LogP contribution in [0.2, 0.25) is 0 Å². The van der Waals surface area contributed by atoms with E-state index in [-0.39, 0.29) is 29.2 Å². The highest BCUT2D eigenvalue weighted by atomic mass is 79.9. The first kappa shape index (κ1) is 17.1. The molecule has 1 aliphatic heterocycles. The second kappa shape index (κ2) is 6.24. The summed E-state index contributed by atoms with van der Waals surface area (Å²) in [6.07, 6.45) is 1.55. The van der Waals surface area contributed by atoms with E-state index in [1.807, 2.05) is 13.0 Å². The number of carbonyl (C=O) groups is 1. The molecule has 1 amide bonds. The molecule has 6 nitrogen and oxygen atoms in total. The molecule has 1 aromatic carbocycles. The van der Waals surface area contributed by atoms with Crippen molar-refractivity contribution in [1.29, 1.82) is 0 Å². The van der Waals surface area contributed by atoms with E-state index in [4.69, 9.17) is 13.3 Å². The quantitative estimate of drug-likeness (QED) is 0.458. The maximum Gasteiger partial charge on any atom is 0.291 e. The van der Waals surface area contributed by atoms with Gasteiger partial charge in [-0.2, -0.15) is 0 Å². The van der Waals surface area contributed by atoms with Crippen molar-refractivity contribution in [1.82, 2.24) is 4.90 Å². The Hall–Kier alpha value is -3.06. The van der Waals surface area contributed by atoms with Crippen molar-refractivity contribution in [3.05, 3.63) is 92.0 Å². The number of rotatable bonds is 3. The summed E-state index contributed by atoms with van der Waals surface area (Å²) in [4.78, 5) is 28.1. The number of halogens is 1. The van der Waals surface area contributed by atoms with Gasteiger partial charge in [-0.1, -0.05) is 15.9 Å². The number of fused-ring (bicyclic) bond motifs is 2. The summed E-state index contributed by atoms with van der Waals surface area (Å²) in [6.45, 7) is 2.01. The summed E-state index contributed by atoms with van der Waals surface area (Å²) in [5.74, 6) is 1.49. The number of furan rings is 2. The van der Waals surface area contributed by atoms with Gasteiger partial charge in [0, 0.05) is 4.47 Å². The molecule has 0 radical (unpaired) electrons. The molecular weight excluding hydrogens is 426 g/mol. The molecule has 1 aliphatic rings. The minimum atomic E-state index is -0.680. The molecule has 1 unspecified atom stereocenters. The summed E-state index contributed by atoms with van der Waals surface area (Å²) in [7, 11) is 0. The van der Waals surface area contributed by atoms with E-state index in [0.717, 1.165) is 4.47 Å². The average Bonchev–Trinajstić information content (AvgIpc) is 3.39. The average molecular weight is 440 g/mol. The Morgan fingerprint density at radius 2 is 1.96 bits per heavy atom. The Kier molecular flexibility index (Phi) is 3.80. The van der Waals surface area contributed by atoms with Gasteiger partial charge in [-0.3, -0.25) is 9.59 Å². The van der Waals surface area contributed by atoms with Gasteiger partial charge in [-0.15, -0.1) is 0 Å². The fourth-order valence-electron chi connectivity index (χ4n) is 3.62. The van der Waals surface area contributed by atoms with Gasteiger partial charge in [0.05, 0.1) is 23.8 Å². The molecule has 140 valence electrons. The number of nitrogens with zero attached hydrogens (tertiary/aromatic N) is 1. The number of carbonyl (C=O) groups excluding carboxylic acids is 1. The summed E-state index contributed by atoms with van der Waals surface area (Å²) in [5, 5.41) is 0.411. The molecule has 28 heavy (non-hydrogen) atoms. The topological polar surface area (TPSA) is 76.8 Å². The highest BCUT2D eigenvalue weighted by molar-refractivity contribution is 9.10. The largest absolute Gasteiger partial charge is 0.467 e. The lowest BCUT2D eigenvalue weighted by Crippen LogP contribution is -2.28. The monoisotopic (exact) mass is 439 g/mol. The summed E-state index contributed by atoms with van der Waals surface area (Å²) < 4.78 is 17.8. The summed E-state index contributed by atoms with van der Waals surface area (Å²) in [5.41, 5.74) is 0.415. The minimum Gasteiger partial charge on any atom is -0.467 e. The van der Waals surface area contributed by atoms with Crippen molar-refractivity contribution in [3.63, 3.8) is 0 Å². The molecule has 1 atom stereocenters. The zero-order chi connectivity index (χ0) is 19.4. The predicted octanol–water partition coefficient (Wildman–Crippen LogP) is 4.80. The van der Waals surface area contributed by atoms with Crippen molar-refractivity contribution < 1.29 is 18.0 Å². The lowest BCUT2D eigenvalue weighted by Gasteiger charge is -2.22. The maximum absolute atomic E-state index is 13.3. The molecule has 0 spiro atoms. The van der Waals surface area contributed by atoms with Crippen LogP contribution in [0.1, 0.15) is 39.4 Å². The Labute approximate surface area is 167 Å². The Bertz CT molecular complexity index is 1270. The molecular formula is C21H14BrNO5. The minimum absolute atomic E-state index is 0.0467. The molecule has 0 aliphatic carbocycles. The third-order valence-electron chi connectivity index (χ3n) is 4.86. The van der Waals surface area contributed by atoms with Crippen LogP contribution in [0.3, 0.4) is 0 Å². The smallest absolute Gasteiger partial charge is 0.291 e. The Balaban J connectivity index is 1.76. The standard InChI is InChI=1S/C21H14BrNO5/c1-11-4-6-16(27-11)18-17-19(24)14-9-12(22)5-7-15(14)28-20(17)21(25)23(18)10-13-3-2-8-26-13/h2-9,18H,10H2,1H3. The van der Waals surface area contributed by atoms with Crippen LogP contribution >= 0.6 is 15.9 Å². The first-order chi connectivity index (χ1) is 13.5. The van der Waals surface area contributed by atoms with Gasteiger partial charge in [-0.05, 0) is 49.4 Å². The van der Waals surface area contributed by atoms with Crippen LogP contribution in [0.4, 0.5) is 0 Å². The second-order valence-corrected chi connectivity index (χ2v) is 7.59. The van der Waals surface area contributed by atoms with Gasteiger partial charge in [-0.25, -0.2) is 0 Å². The highest BCUT2D eigenvalue weighted by Crippen LogP contribution is 2.39. The molecule has 5 rings (SSSR count). The molecule has 4 heterocycles. The van der Waals surface area contributed by atoms with Crippen LogP contribution in [0.25, 0.3) is 11.0 Å². The van der Waals surface area contributed by atoms with E-state index in [2.05, 4.69) is 15.9 Å². The molecule has 0 bridgehead atoms. The summed E-state index contributed by atoms with van der Waals surface area (Å²) in [6, 6.07) is 11.6. The van der Waals surface area contributed by atoms with Gasteiger partial charge in [0.2, 0.25) is 5.76 Å². The van der Waals surface area contributed by atoms with Crippen molar-refractivity contribution in [2.45, 2.75) is 19.5 Å². The van der Waals surface area contributed by atoms with Gasteiger partial charge >= 0.3 is 0 Å². The predicted molar refractivity (Wildman–Crippen MR) is 104 cm³/mol. The van der Waals surface area contributed by atoms with E-state index in [0.29, 0.717) is 28.2 Å². The molecule has 0 N–H and O–H groups in total. The highest BCUT2D eigenvalue weighted by Gasteiger charge is 2.44. The number of benzene rings is 1. The maximum atomic E-state index is 13.3. The number of amides is 1. The third kappa shape index (κ3) is 2.54. The van der Waals surface area contributed by atoms with Crippen LogP contribution < -0.4 is 5.43 Å². The van der Waals surface area contributed by atoms with E-state index in [1.165, 1.54) is 0 Å². The van der Waals surface area contributed by atoms with Gasteiger partial charge in [0.15, 0.2) is 5.43 Å². The SMILES string of the molecule is Cc1ccc(C2c3c(oc4ccc(Br)cc4c3=O)C(=O)N2Cc2ccco2)o1. The molecule has 7 heteroatoms. The fraction of sp³-hybridized carbons (Fsp3) is 0.143. The van der Waals surface area contributed by atoms with Crippen LogP contribution in [-0.4, -0.2) is 10.8 Å². The first-order valence-corrected chi connectivity index (χ1v) is 9.48. The van der Waals surface area contributed by atoms with Crippen molar-refractivity contribution in [2.75, 3.05) is 0 Å². The van der Waals surface area contributed by atoms with Crippen molar-refractivity contribution >= 4 is 32.8 Å². The van der Waals surface area contributed by atoms with Gasteiger partial charge in [0.1, 0.15) is 28.9 Å². The lowest BCUT2D eigenvalue weighted by molar-refractivity contribution is 0.0686.